The van der Waals surface area contributed by atoms with Crippen LogP contribution in [-0.2, 0) is 0 Å². The fraction of sp³-hybridized carbons (Fsp3) is 1.00. The summed E-state index contributed by atoms with van der Waals surface area (Å²) in [6.45, 7) is 2.11. The van der Waals surface area contributed by atoms with Crippen molar-refractivity contribution in [3.63, 3.8) is 0 Å². The summed E-state index contributed by atoms with van der Waals surface area (Å²) in [4.78, 5) is 0. The molecule has 1 radical (unpaired) electrons. The summed E-state index contributed by atoms with van der Waals surface area (Å²) in [6, 6.07) is 0. The van der Waals surface area contributed by atoms with Gasteiger partial charge in [0.2, 0.25) is 0 Å². The third-order valence-electron chi connectivity index (χ3n) is 0.954. The molecule has 0 spiro atoms. The molecule has 5 heavy (non-hydrogen) atoms. The van der Waals surface area contributed by atoms with E-state index in [1.54, 1.807) is 0 Å². The Morgan fingerprint density at radius 1 is 1.60 bits per heavy atom. The Morgan fingerprint density at radius 2 is 1.80 bits per heavy atom. The molecule has 0 N–H and O–H groups in total. The molecule has 1 aliphatic carbocycles. The average Bonchev–Trinajstić information content (AvgIpc) is 1.76. The van der Waals surface area contributed by atoms with E-state index >= 15 is 0 Å². The van der Waals surface area contributed by atoms with Gasteiger partial charge in [-0.3, -0.25) is 0 Å². The quantitative estimate of drug-likeness (QED) is 0.422. The minimum atomic E-state index is 0.333. The SMILES string of the molecule is CC1([S])CC1. The van der Waals surface area contributed by atoms with Crippen molar-refractivity contribution in [1.29, 1.82) is 0 Å². The van der Waals surface area contributed by atoms with Crippen LogP contribution in [0.2, 0.25) is 0 Å². The highest BCUT2D eigenvalue weighted by Gasteiger charge is 2.33. The zero-order valence-corrected chi connectivity index (χ0v) is 4.14. The van der Waals surface area contributed by atoms with Gasteiger partial charge in [0.05, 0.1) is 0 Å². The Labute approximate surface area is 38.0 Å². The molecule has 0 atom stereocenters. The Bertz CT molecular complexity index is 41.6. The third-order valence-corrected chi connectivity index (χ3v) is 1.36. The first-order valence-electron chi connectivity index (χ1n) is 1.91. The van der Waals surface area contributed by atoms with Gasteiger partial charge >= 0.3 is 0 Å². The van der Waals surface area contributed by atoms with E-state index < -0.39 is 0 Å². The molecule has 0 aliphatic heterocycles. The second-order valence-electron chi connectivity index (χ2n) is 1.95. The highest BCUT2D eigenvalue weighted by Crippen LogP contribution is 2.40. The van der Waals surface area contributed by atoms with Crippen molar-refractivity contribution in [2.75, 3.05) is 0 Å². The van der Waals surface area contributed by atoms with E-state index in [9.17, 15) is 0 Å². The highest BCUT2D eigenvalue weighted by atomic mass is 32.1. The van der Waals surface area contributed by atoms with Crippen molar-refractivity contribution in [3.05, 3.63) is 0 Å². The summed E-state index contributed by atoms with van der Waals surface area (Å²) in [5, 5.41) is 0. The molecule has 1 heteroatoms. The maximum atomic E-state index is 4.94. The van der Waals surface area contributed by atoms with Crippen molar-refractivity contribution in [3.8, 4) is 0 Å². The van der Waals surface area contributed by atoms with Gasteiger partial charge in [-0.25, -0.2) is 0 Å². The summed E-state index contributed by atoms with van der Waals surface area (Å²) >= 11 is 4.94. The van der Waals surface area contributed by atoms with Gasteiger partial charge in [0.1, 0.15) is 0 Å². The normalized spacial score (nSPS) is 30.0. The second kappa shape index (κ2) is 0.700. The zero-order valence-electron chi connectivity index (χ0n) is 3.32. The summed E-state index contributed by atoms with van der Waals surface area (Å²) in [6.07, 6.45) is 2.53. The zero-order chi connectivity index (χ0) is 3.91. The van der Waals surface area contributed by atoms with Crippen LogP contribution >= 0.6 is 12.6 Å². The molecule has 0 aromatic heterocycles. The fourth-order valence-corrected chi connectivity index (χ4v) is 0.278. The molecule has 0 nitrogen and oxygen atoms in total. The Balaban J connectivity index is 2.38. The maximum absolute atomic E-state index is 4.94. The molecule has 1 saturated carbocycles. The van der Waals surface area contributed by atoms with Crippen molar-refractivity contribution in [1.82, 2.24) is 0 Å². The smallest absolute Gasteiger partial charge is 0.0236 e. The first-order chi connectivity index (χ1) is 2.21. The topological polar surface area (TPSA) is 0 Å². The van der Waals surface area contributed by atoms with Gasteiger partial charge in [-0.05, 0) is 19.8 Å². The van der Waals surface area contributed by atoms with E-state index in [-0.39, 0.29) is 0 Å². The third kappa shape index (κ3) is 0.839. The molecule has 1 rings (SSSR count). The van der Waals surface area contributed by atoms with Crippen LogP contribution in [0, 0.1) is 0 Å². The van der Waals surface area contributed by atoms with Crippen LogP contribution in [0.1, 0.15) is 19.8 Å². The first kappa shape index (κ1) is 3.54. The van der Waals surface area contributed by atoms with E-state index in [0.717, 1.165) is 0 Å². The van der Waals surface area contributed by atoms with Gasteiger partial charge in [-0.15, -0.1) is 0 Å². The van der Waals surface area contributed by atoms with E-state index in [2.05, 4.69) is 6.92 Å². The van der Waals surface area contributed by atoms with E-state index in [1.807, 2.05) is 0 Å². The summed E-state index contributed by atoms with van der Waals surface area (Å²) in [5.41, 5.74) is 0. The van der Waals surface area contributed by atoms with Crippen LogP contribution in [0.25, 0.3) is 0 Å². The largest absolute Gasteiger partial charge is 0.0870 e. The van der Waals surface area contributed by atoms with Crippen molar-refractivity contribution in [2.24, 2.45) is 0 Å². The van der Waals surface area contributed by atoms with Crippen molar-refractivity contribution < 1.29 is 0 Å². The van der Waals surface area contributed by atoms with Gasteiger partial charge in [0, 0.05) is 4.75 Å². The van der Waals surface area contributed by atoms with Crippen LogP contribution in [0.3, 0.4) is 0 Å². The van der Waals surface area contributed by atoms with Crippen LogP contribution in [-0.4, -0.2) is 4.75 Å². The molecule has 0 unspecified atom stereocenters. The molecule has 0 heterocycles. The predicted octanol–water partition coefficient (Wildman–Crippen LogP) is 1.74. The van der Waals surface area contributed by atoms with Crippen molar-refractivity contribution >= 4 is 12.6 Å². The predicted molar refractivity (Wildman–Crippen MR) is 25.2 cm³/mol. The van der Waals surface area contributed by atoms with Crippen LogP contribution in [0.4, 0.5) is 0 Å². The standard InChI is InChI=1S/C4H7S/c1-4(5)2-3-4/h2-3H2,1H3. The molecule has 29 valence electrons. The van der Waals surface area contributed by atoms with E-state index in [1.165, 1.54) is 12.8 Å². The number of hydrogen-bond donors (Lipinski definition) is 0. The monoisotopic (exact) mass is 87.0 g/mol. The minimum absolute atomic E-state index is 0.333. The lowest BCUT2D eigenvalue weighted by Gasteiger charge is -1.83. The molecular formula is C4H7S. The van der Waals surface area contributed by atoms with Gasteiger partial charge in [-0.2, -0.15) is 0 Å². The molecule has 0 saturated heterocycles. The number of hydrogen-bond acceptors (Lipinski definition) is 0. The average molecular weight is 87.2 g/mol. The van der Waals surface area contributed by atoms with Crippen LogP contribution in [0.15, 0.2) is 0 Å². The van der Waals surface area contributed by atoms with Crippen molar-refractivity contribution in [2.45, 2.75) is 24.5 Å². The summed E-state index contributed by atoms with van der Waals surface area (Å²) < 4.78 is 0.333. The maximum Gasteiger partial charge on any atom is 0.0236 e. The molecule has 1 fully saturated rings. The first-order valence-corrected chi connectivity index (χ1v) is 2.32. The lowest BCUT2D eigenvalue weighted by atomic mass is 10.5. The second-order valence-corrected chi connectivity index (χ2v) is 2.94. The summed E-state index contributed by atoms with van der Waals surface area (Å²) in [7, 11) is 0. The lowest BCUT2D eigenvalue weighted by molar-refractivity contribution is 1.06. The van der Waals surface area contributed by atoms with Crippen LogP contribution in [0.5, 0.6) is 0 Å². The van der Waals surface area contributed by atoms with Crippen LogP contribution < -0.4 is 0 Å². The lowest BCUT2D eigenvalue weighted by Crippen LogP contribution is -1.80. The van der Waals surface area contributed by atoms with E-state index in [4.69, 9.17) is 12.6 Å². The molecule has 0 amide bonds. The summed E-state index contributed by atoms with van der Waals surface area (Å²) in [5.74, 6) is 0. The Morgan fingerprint density at radius 3 is 1.80 bits per heavy atom. The Kier molecular flexibility index (Phi) is 0.495. The Hall–Kier alpha value is 0.350. The van der Waals surface area contributed by atoms with Gasteiger partial charge < -0.3 is 0 Å². The fourth-order valence-electron chi connectivity index (χ4n) is 0.176. The van der Waals surface area contributed by atoms with E-state index in [0.29, 0.717) is 4.75 Å². The molecule has 0 aromatic rings. The molecule has 1 aliphatic rings. The van der Waals surface area contributed by atoms with Gasteiger partial charge in [0.15, 0.2) is 0 Å². The molecule has 0 bridgehead atoms. The minimum Gasteiger partial charge on any atom is -0.0870 e. The highest BCUT2D eigenvalue weighted by molar-refractivity contribution is 7.82. The molecule has 0 aromatic carbocycles. The van der Waals surface area contributed by atoms with Gasteiger partial charge in [0.25, 0.3) is 0 Å². The van der Waals surface area contributed by atoms with Gasteiger partial charge in [-0.1, -0.05) is 12.6 Å². The molecular weight excluding hydrogens is 80.1 g/mol. The number of rotatable bonds is 0.